The molecule has 0 bridgehead atoms. The molecule has 3 aromatic rings. The van der Waals surface area contributed by atoms with Crippen molar-refractivity contribution < 1.29 is 4.79 Å². The number of piperazine rings is 1. The van der Waals surface area contributed by atoms with Crippen LogP contribution >= 0.6 is 0 Å². The Bertz CT molecular complexity index is 984. The minimum absolute atomic E-state index is 0.310. The molecule has 1 saturated heterocycles. The van der Waals surface area contributed by atoms with Crippen LogP contribution < -0.4 is 15.9 Å². The number of anilines is 2. The van der Waals surface area contributed by atoms with E-state index in [1.54, 1.807) is 12.3 Å². The van der Waals surface area contributed by atoms with Crippen LogP contribution in [0.25, 0.3) is 11.2 Å². The van der Waals surface area contributed by atoms with Crippen molar-refractivity contribution in [1.29, 1.82) is 0 Å². The Morgan fingerprint density at radius 2 is 1.92 bits per heavy atom. The van der Waals surface area contributed by atoms with E-state index in [1.807, 2.05) is 12.1 Å². The van der Waals surface area contributed by atoms with E-state index < -0.39 is 0 Å². The number of carbonyl (C=O) groups excluding carboxylic acids is 1. The number of nitrogens with one attached hydrogen (secondary N) is 3. The molecule has 134 valence electrons. The van der Waals surface area contributed by atoms with Gasteiger partial charge in [0.25, 0.3) is 5.91 Å². The Kier molecular flexibility index (Phi) is 4.13. The molecule has 3 aromatic heterocycles. The topological polar surface area (TPSA) is 110 Å². The lowest BCUT2D eigenvalue weighted by atomic mass is 10.2. The molecular weight excluding hydrogens is 334 g/mol. The zero-order valence-electron chi connectivity index (χ0n) is 14.3. The first kappa shape index (κ1) is 16.3. The third-order valence-electron chi connectivity index (χ3n) is 4.46. The van der Waals surface area contributed by atoms with Crippen LogP contribution in [-0.4, -0.2) is 64.0 Å². The molecule has 0 saturated carbocycles. The molecule has 0 aliphatic carbocycles. The van der Waals surface area contributed by atoms with Crippen molar-refractivity contribution in [3.8, 4) is 0 Å². The van der Waals surface area contributed by atoms with Crippen LogP contribution in [0.15, 0.2) is 35.4 Å². The van der Waals surface area contributed by atoms with Crippen LogP contribution in [0.1, 0.15) is 10.4 Å². The number of aromatic amines is 2. The summed E-state index contributed by atoms with van der Waals surface area (Å²) < 4.78 is 0. The van der Waals surface area contributed by atoms with Crippen LogP contribution in [0.4, 0.5) is 11.5 Å². The summed E-state index contributed by atoms with van der Waals surface area (Å²) >= 11 is 0. The van der Waals surface area contributed by atoms with Gasteiger partial charge >= 0.3 is 5.69 Å². The molecular formula is C17H19N7O2. The van der Waals surface area contributed by atoms with E-state index in [1.165, 1.54) is 6.20 Å². The first-order chi connectivity index (χ1) is 12.6. The average Bonchev–Trinajstić information content (AvgIpc) is 3.02. The molecule has 9 heteroatoms. The van der Waals surface area contributed by atoms with Gasteiger partial charge in [0.2, 0.25) is 0 Å². The SMILES string of the molecule is CN1CCN(c2ccc(NC(=O)c3cnc4[nH]c(=O)[nH]c4c3)cn2)CC1. The van der Waals surface area contributed by atoms with Crippen molar-refractivity contribution >= 4 is 28.6 Å². The second-order valence-corrected chi connectivity index (χ2v) is 6.35. The van der Waals surface area contributed by atoms with E-state index in [4.69, 9.17) is 0 Å². The second-order valence-electron chi connectivity index (χ2n) is 6.35. The zero-order valence-corrected chi connectivity index (χ0v) is 14.3. The average molecular weight is 353 g/mol. The molecule has 9 nitrogen and oxygen atoms in total. The third-order valence-corrected chi connectivity index (χ3v) is 4.46. The number of hydrogen-bond acceptors (Lipinski definition) is 6. The largest absolute Gasteiger partial charge is 0.354 e. The van der Waals surface area contributed by atoms with Crippen LogP contribution in [-0.2, 0) is 0 Å². The smallest absolute Gasteiger partial charge is 0.325 e. The first-order valence-corrected chi connectivity index (χ1v) is 8.37. The van der Waals surface area contributed by atoms with Crippen LogP contribution in [0.3, 0.4) is 0 Å². The van der Waals surface area contributed by atoms with Crippen molar-refractivity contribution in [2.24, 2.45) is 0 Å². The maximum absolute atomic E-state index is 12.4. The summed E-state index contributed by atoms with van der Waals surface area (Å²) in [6.07, 6.45) is 3.07. The molecule has 1 aliphatic rings. The van der Waals surface area contributed by atoms with Crippen molar-refractivity contribution in [2.45, 2.75) is 0 Å². The van der Waals surface area contributed by atoms with Gasteiger partial charge in [0.05, 0.1) is 23.0 Å². The normalized spacial score (nSPS) is 15.3. The summed E-state index contributed by atoms with van der Waals surface area (Å²) in [6, 6.07) is 5.33. The van der Waals surface area contributed by atoms with E-state index >= 15 is 0 Å². The highest BCUT2D eigenvalue weighted by molar-refractivity contribution is 6.05. The van der Waals surface area contributed by atoms with E-state index in [9.17, 15) is 9.59 Å². The van der Waals surface area contributed by atoms with Crippen molar-refractivity contribution in [1.82, 2.24) is 24.8 Å². The van der Waals surface area contributed by atoms with Gasteiger partial charge in [0, 0.05) is 32.4 Å². The summed E-state index contributed by atoms with van der Waals surface area (Å²) in [5.41, 5.74) is 1.52. The molecule has 0 aromatic carbocycles. The Hall–Kier alpha value is -3.20. The van der Waals surface area contributed by atoms with Gasteiger partial charge in [-0.05, 0) is 25.2 Å². The predicted octanol–water partition coefficient (Wildman–Crippen LogP) is 0.650. The fourth-order valence-electron chi connectivity index (χ4n) is 2.93. The number of imidazole rings is 1. The van der Waals surface area contributed by atoms with Gasteiger partial charge in [0.1, 0.15) is 5.82 Å². The van der Waals surface area contributed by atoms with Crippen LogP contribution in [0.2, 0.25) is 0 Å². The molecule has 0 spiro atoms. The van der Waals surface area contributed by atoms with Gasteiger partial charge in [-0.3, -0.25) is 9.78 Å². The van der Waals surface area contributed by atoms with E-state index in [0.29, 0.717) is 22.4 Å². The summed E-state index contributed by atoms with van der Waals surface area (Å²) in [7, 11) is 2.11. The molecule has 1 amide bonds. The van der Waals surface area contributed by atoms with Crippen molar-refractivity contribution in [3.63, 3.8) is 0 Å². The molecule has 4 heterocycles. The number of fused-ring (bicyclic) bond motifs is 1. The molecule has 26 heavy (non-hydrogen) atoms. The Morgan fingerprint density at radius 1 is 1.12 bits per heavy atom. The third kappa shape index (κ3) is 3.29. The molecule has 1 fully saturated rings. The zero-order chi connectivity index (χ0) is 18.1. The van der Waals surface area contributed by atoms with E-state index in [0.717, 1.165) is 32.0 Å². The molecule has 0 radical (unpaired) electrons. The number of pyridine rings is 2. The van der Waals surface area contributed by atoms with Gasteiger partial charge in [0.15, 0.2) is 5.65 Å². The summed E-state index contributed by atoms with van der Waals surface area (Å²) in [4.78, 5) is 41.8. The number of likely N-dealkylation sites (N-methyl/N-ethyl adjacent to an activating group) is 1. The first-order valence-electron chi connectivity index (χ1n) is 8.37. The summed E-state index contributed by atoms with van der Waals surface area (Å²) in [6.45, 7) is 3.90. The monoisotopic (exact) mass is 353 g/mol. The molecule has 3 N–H and O–H groups in total. The molecule has 0 unspecified atom stereocenters. The number of H-pyrrole nitrogens is 2. The Morgan fingerprint density at radius 3 is 2.65 bits per heavy atom. The maximum Gasteiger partial charge on any atom is 0.325 e. The summed E-state index contributed by atoms with van der Waals surface area (Å²) in [5, 5.41) is 2.80. The quantitative estimate of drug-likeness (QED) is 0.638. The van der Waals surface area contributed by atoms with Crippen LogP contribution in [0.5, 0.6) is 0 Å². The Balaban J connectivity index is 1.45. The highest BCUT2D eigenvalue weighted by atomic mass is 16.2. The lowest BCUT2D eigenvalue weighted by Crippen LogP contribution is -2.44. The second kappa shape index (κ2) is 6.60. The minimum Gasteiger partial charge on any atom is -0.354 e. The van der Waals surface area contributed by atoms with Crippen molar-refractivity contribution in [3.05, 3.63) is 46.6 Å². The molecule has 1 aliphatic heterocycles. The fraction of sp³-hybridized carbons (Fsp3) is 0.294. The number of nitrogens with zero attached hydrogens (tertiary/aromatic N) is 4. The van der Waals surface area contributed by atoms with Gasteiger partial charge in [-0.1, -0.05) is 0 Å². The predicted molar refractivity (Wildman–Crippen MR) is 98.6 cm³/mol. The lowest BCUT2D eigenvalue weighted by molar-refractivity contribution is 0.102. The molecule has 4 rings (SSSR count). The number of amides is 1. The fourth-order valence-corrected chi connectivity index (χ4v) is 2.93. The highest BCUT2D eigenvalue weighted by Gasteiger charge is 2.15. The standard InChI is InChI=1S/C17H19N7O2/c1-23-4-6-24(7-5-23)14-3-2-12(10-18-14)20-16(25)11-8-13-15(19-9-11)22-17(26)21-13/h2-3,8-10H,4-7H2,1H3,(H,20,25)(H2,19,21,22,26). The number of rotatable bonds is 3. The molecule has 0 atom stereocenters. The number of carbonyl (C=O) groups is 1. The van der Waals surface area contributed by atoms with Gasteiger partial charge in [-0.2, -0.15) is 0 Å². The highest BCUT2D eigenvalue weighted by Crippen LogP contribution is 2.17. The van der Waals surface area contributed by atoms with Crippen molar-refractivity contribution in [2.75, 3.05) is 43.4 Å². The minimum atomic E-state index is -0.353. The lowest BCUT2D eigenvalue weighted by Gasteiger charge is -2.33. The van der Waals surface area contributed by atoms with E-state index in [2.05, 4.69) is 42.1 Å². The van der Waals surface area contributed by atoms with Gasteiger partial charge < -0.3 is 20.1 Å². The maximum atomic E-state index is 12.4. The van der Waals surface area contributed by atoms with Gasteiger partial charge in [-0.15, -0.1) is 0 Å². The van der Waals surface area contributed by atoms with Gasteiger partial charge in [-0.25, -0.2) is 14.8 Å². The van der Waals surface area contributed by atoms with E-state index in [-0.39, 0.29) is 11.6 Å². The van der Waals surface area contributed by atoms with Crippen LogP contribution in [0, 0.1) is 0 Å². The number of hydrogen-bond donors (Lipinski definition) is 3. The number of aromatic nitrogens is 4. The Labute approximate surface area is 149 Å². The summed E-state index contributed by atoms with van der Waals surface area (Å²) in [5.74, 6) is 0.597.